The molecule has 72 valence electrons. The lowest BCUT2D eigenvalue weighted by atomic mass is 10.3. The zero-order chi connectivity index (χ0) is 9.97. The van der Waals surface area contributed by atoms with Gasteiger partial charge in [-0.3, -0.25) is 0 Å². The number of hydrogen-bond acceptors (Lipinski definition) is 5. The van der Waals surface area contributed by atoms with E-state index in [1.54, 1.807) is 19.5 Å². The third-order valence-electron chi connectivity index (χ3n) is 1.71. The highest BCUT2D eigenvalue weighted by atomic mass is 32.1. The van der Waals surface area contributed by atoms with E-state index in [0.717, 1.165) is 10.6 Å². The van der Waals surface area contributed by atoms with Crippen molar-refractivity contribution in [3.8, 4) is 16.5 Å². The lowest BCUT2D eigenvalue weighted by Gasteiger charge is -1.99. The molecule has 0 bridgehead atoms. The molecule has 0 aliphatic rings. The van der Waals surface area contributed by atoms with Crippen molar-refractivity contribution in [3.63, 3.8) is 0 Å². The Kier molecular flexibility index (Phi) is 2.32. The fourth-order valence-electron chi connectivity index (χ4n) is 1.07. The molecular weight excluding hydrogens is 198 g/mol. The topological polar surface area (TPSA) is 61.0 Å². The smallest absolute Gasteiger partial charge is 0.213 e. The molecule has 2 heterocycles. The van der Waals surface area contributed by atoms with Crippen LogP contribution in [0.4, 0.5) is 5.00 Å². The van der Waals surface area contributed by atoms with Crippen molar-refractivity contribution in [2.24, 2.45) is 0 Å². The Morgan fingerprint density at radius 2 is 2.29 bits per heavy atom. The van der Waals surface area contributed by atoms with Gasteiger partial charge in [0.05, 0.1) is 13.3 Å². The summed E-state index contributed by atoms with van der Waals surface area (Å²) in [6, 6.07) is 3.71. The second-order valence-corrected chi connectivity index (χ2v) is 3.72. The predicted octanol–water partition coefficient (Wildman–Crippen LogP) is 1.80. The molecule has 0 spiro atoms. The molecule has 2 aromatic rings. The van der Waals surface area contributed by atoms with Gasteiger partial charge in [0.25, 0.3) is 0 Å². The Bertz CT molecular complexity index is 441. The number of nitrogen functional groups attached to an aromatic ring is 1. The molecule has 4 nitrogen and oxygen atoms in total. The van der Waals surface area contributed by atoms with Crippen LogP contribution in [0.2, 0.25) is 0 Å². The van der Waals surface area contributed by atoms with Crippen molar-refractivity contribution in [2.75, 3.05) is 12.8 Å². The van der Waals surface area contributed by atoms with E-state index in [9.17, 15) is 0 Å². The summed E-state index contributed by atoms with van der Waals surface area (Å²) < 4.78 is 5.02. The number of pyridine rings is 1. The molecule has 0 aromatic carbocycles. The van der Waals surface area contributed by atoms with Crippen LogP contribution in [0.1, 0.15) is 0 Å². The van der Waals surface area contributed by atoms with Gasteiger partial charge in [-0.1, -0.05) is 11.3 Å². The molecule has 0 saturated carbocycles. The van der Waals surface area contributed by atoms with Crippen molar-refractivity contribution in [2.45, 2.75) is 0 Å². The number of aromatic nitrogens is 2. The Labute approximate surface area is 85.4 Å². The van der Waals surface area contributed by atoms with Gasteiger partial charge >= 0.3 is 0 Å². The van der Waals surface area contributed by atoms with Crippen LogP contribution in [0, 0.1) is 0 Å². The summed E-state index contributed by atoms with van der Waals surface area (Å²) in [5.41, 5.74) is 6.57. The SMILES string of the molecule is COc1cc(-c2ncc(N)s2)ccn1. The van der Waals surface area contributed by atoms with Crippen molar-refractivity contribution in [1.82, 2.24) is 9.97 Å². The van der Waals surface area contributed by atoms with Crippen LogP contribution in [-0.4, -0.2) is 17.1 Å². The second-order valence-electron chi connectivity index (χ2n) is 2.65. The first-order valence-corrected chi connectivity index (χ1v) is 4.83. The molecule has 0 saturated heterocycles. The van der Waals surface area contributed by atoms with Gasteiger partial charge in [0.15, 0.2) is 0 Å². The minimum Gasteiger partial charge on any atom is -0.481 e. The minimum absolute atomic E-state index is 0.580. The summed E-state index contributed by atoms with van der Waals surface area (Å²) in [5.74, 6) is 0.580. The summed E-state index contributed by atoms with van der Waals surface area (Å²) in [6.07, 6.45) is 3.33. The molecule has 2 N–H and O–H groups in total. The summed E-state index contributed by atoms with van der Waals surface area (Å²) >= 11 is 1.44. The maximum absolute atomic E-state index is 5.60. The van der Waals surface area contributed by atoms with Crippen LogP contribution in [0.25, 0.3) is 10.6 Å². The van der Waals surface area contributed by atoms with E-state index in [0.29, 0.717) is 10.9 Å². The molecule has 0 fully saturated rings. The van der Waals surface area contributed by atoms with E-state index in [2.05, 4.69) is 9.97 Å². The Hall–Kier alpha value is -1.62. The predicted molar refractivity (Wildman–Crippen MR) is 56.3 cm³/mol. The summed E-state index contributed by atoms with van der Waals surface area (Å²) in [7, 11) is 1.59. The van der Waals surface area contributed by atoms with Crippen molar-refractivity contribution in [1.29, 1.82) is 0 Å². The second kappa shape index (κ2) is 3.63. The molecular formula is C9H9N3OS. The first-order valence-electron chi connectivity index (χ1n) is 4.01. The Morgan fingerprint density at radius 1 is 1.43 bits per heavy atom. The third-order valence-corrected chi connectivity index (χ3v) is 2.59. The van der Waals surface area contributed by atoms with E-state index < -0.39 is 0 Å². The molecule has 5 heteroatoms. The van der Waals surface area contributed by atoms with Crippen LogP contribution in [0.3, 0.4) is 0 Å². The van der Waals surface area contributed by atoms with Gasteiger partial charge in [-0.15, -0.1) is 0 Å². The number of ether oxygens (including phenoxy) is 1. The number of hydrogen-bond donors (Lipinski definition) is 1. The van der Waals surface area contributed by atoms with E-state index in [4.69, 9.17) is 10.5 Å². The van der Waals surface area contributed by atoms with Crippen molar-refractivity contribution >= 4 is 16.3 Å². The zero-order valence-corrected chi connectivity index (χ0v) is 8.41. The number of thiazole rings is 1. The summed E-state index contributed by atoms with van der Waals surface area (Å²) in [6.45, 7) is 0. The summed E-state index contributed by atoms with van der Waals surface area (Å²) in [5, 5.41) is 1.58. The van der Waals surface area contributed by atoms with E-state index in [1.165, 1.54) is 11.3 Å². The number of anilines is 1. The standard InChI is InChI=1S/C9H9N3OS/c1-13-8-4-6(2-3-11-8)9-12-5-7(10)14-9/h2-5H,10H2,1H3. The molecule has 0 unspecified atom stereocenters. The van der Waals surface area contributed by atoms with Crippen LogP contribution in [0.5, 0.6) is 5.88 Å². The third kappa shape index (κ3) is 1.67. The summed E-state index contributed by atoms with van der Waals surface area (Å²) in [4.78, 5) is 8.19. The molecule has 0 amide bonds. The molecule has 14 heavy (non-hydrogen) atoms. The molecule has 0 radical (unpaired) electrons. The Morgan fingerprint density at radius 3 is 2.93 bits per heavy atom. The van der Waals surface area contributed by atoms with Crippen molar-refractivity contribution in [3.05, 3.63) is 24.5 Å². The fourth-order valence-corrected chi connectivity index (χ4v) is 1.75. The minimum atomic E-state index is 0.580. The Balaban J connectivity index is 2.41. The quantitative estimate of drug-likeness (QED) is 0.815. The van der Waals surface area contributed by atoms with Crippen LogP contribution in [0.15, 0.2) is 24.5 Å². The normalized spacial score (nSPS) is 10.1. The lowest BCUT2D eigenvalue weighted by molar-refractivity contribution is 0.398. The first-order chi connectivity index (χ1) is 6.79. The zero-order valence-electron chi connectivity index (χ0n) is 7.60. The first kappa shape index (κ1) is 8.96. The average molecular weight is 207 g/mol. The molecule has 0 aliphatic carbocycles. The highest BCUT2D eigenvalue weighted by Crippen LogP contribution is 2.27. The fraction of sp³-hybridized carbons (Fsp3) is 0.111. The number of nitrogens with two attached hydrogens (primary N) is 1. The number of methoxy groups -OCH3 is 1. The number of rotatable bonds is 2. The van der Waals surface area contributed by atoms with Crippen molar-refractivity contribution < 1.29 is 4.74 Å². The number of nitrogens with zero attached hydrogens (tertiary/aromatic N) is 2. The highest BCUT2D eigenvalue weighted by molar-refractivity contribution is 7.18. The van der Waals surface area contributed by atoms with Gasteiger partial charge in [-0.25, -0.2) is 9.97 Å². The van der Waals surface area contributed by atoms with E-state index in [-0.39, 0.29) is 0 Å². The molecule has 2 aromatic heterocycles. The molecule has 0 atom stereocenters. The monoisotopic (exact) mass is 207 g/mol. The highest BCUT2D eigenvalue weighted by Gasteiger charge is 2.04. The van der Waals surface area contributed by atoms with Gasteiger partial charge < -0.3 is 10.5 Å². The van der Waals surface area contributed by atoms with Crippen LogP contribution < -0.4 is 10.5 Å². The van der Waals surface area contributed by atoms with E-state index in [1.807, 2.05) is 12.1 Å². The van der Waals surface area contributed by atoms with Gasteiger partial charge in [-0.2, -0.15) is 0 Å². The molecule has 2 rings (SSSR count). The van der Waals surface area contributed by atoms with E-state index >= 15 is 0 Å². The maximum atomic E-state index is 5.60. The van der Waals surface area contributed by atoms with Gasteiger partial charge in [0.1, 0.15) is 10.0 Å². The lowest BCUT2D eigenvalue weighted by Crippen LogP contribution is -1.86. The molecule has 0 aliphatic heterocycles. The van der Waals surface area contributed by atoms with Gasteiger partial charge in [0.2, 0.25) is 5.88 Å². The van der Waals surface area contributed by atoms with Crippen LogP contribution in [-0.2, 0) is 0 Å². The largest absolute Gasteiger partial charge is 0.481 e. The average Bonchev–Trinajstić information content (AvgIpc) is 2.65. The maximum Gasteiger partial charge on any atom is 0.213 e. The van der Waals surface area contributed by atoms with Gasteiger partial charge in [0, 0.05) is 17.8 Å². The van der Waals surface area contributed by atoms with Crippen LogP contribution >= 0.6 is 11.3 Å². The van der Waals surface area contributed by atoms with Gasteiger partial charge in [-0.05, 0) is 6.07 Å².